The van der Waals surface area contributed by atoms with E-state index < -0.39 is 5.97 Å². The third-order valence-corrected chi connectivity index (χ3v) is 3.58. The molecule has 2 rings (SSSR count). The van der Waals surface area contributed by atoms with E-state index in [4.69, 9.17) is 5.11 Å². The van der Waals surface area contributed by atoms with Gasteiger partial charge in [0, 0.05) is 0 Å². The van der Waals surface area contributed by atoms with Crippen LogP contribution in [0.3, 0.4) is 0 Å². The van der Waals surface area contributed by atoms with Crippen molar-refractivity contribution in [3.05, 3.63) is 35.4 Å². The first-order valence-corrected chi connectivity index (χ1v) is 5.34. The monoisotopic (exact) mass is 204 g/mol. The van der Waals surface area contributed by atoms with Gasteiger partial charge in [-0.05, 0) is 41.9 Å². The zero-order valence-corrected chi connectivity index (χ0v) is 9.16. The van der Waals surface area contributed by atoms with Crippen LogP contribution in [-0.4, -0.2) is 11.1 Å². The number of carboxylic acid groups (broad SMARTS) is 1. The fourth-order valence-corrected chi connectivity index (χ4v) is 2.34. The molecule has 15 heavy (non-hydrogen) atoms. The van der Waals surface area contributed by atoms with Crippen molar-refractivity contribution in [2.45, 2.75) is 32.6 Å². The van der Waals surface area contributed by atoms with Crippen molar-refractivity contribution in [2.75, 3.05) is 0 Å². The Morgan fingerprint density at radius 1 is 1.33 bits per heavy atom. The van der Waals surface area contributed by atoms with Gasteiger partial charge < -0.3 is 5.11 Å². The van der Waals surface area contributed by atoms with Gasteiger partial charge in [0.15, 0.2) is 0 Å². The Morgan fingerprint density at radius 2 is 1.93 bits per heavy atom. The molecule has 1 N–H and O–H groups in total. The SMILES string of the molecule is CC1(C)CCC1c1ccc(C(=O)O)cc1. The molecule has 1 unspecified atom stereocenters. The highest BCUT2D eigenvalue weighted by Crippen LogP contribution is 2.52. The number of benzene rings is 1. The molecule has 0 aromatic heterocycles. The average Bonchev–Trinajstić information content (AvgIpc) is 2.17. The van der Waals surface area contributed by atoms with E-state index in [0.717, 1.165) is 0 Å². The molecule has 1 aliphatic rings. The van der Waals surface area contributed by atoms with E-state index >= 15 is 0 Å². The van der Waals surface area contributed by atoms with Crippen molar-refractivity contribution in [3.63, 3.8) is 0 Å². The molecular formula is C13H16O2. The van der Waals surface area contributed by atoms with Gasteiger partial charge >= 0.3 is 5.97 Å². The maximum atomic E-state index is 10.7. The van der Waals surface area contributed by atoms with E-state index in [0.29, 0.717) is 16.9 Å². The maximum Gasteiger partial charge on any atom is 0.335 e. The Kier molecular flexibility index (Phi) is 2.29. The van der Waals surface area contributed by atoms with E-state index in [1.807, 2.05) is 12.1 Å². The van der Waals surface area contributed by atoms with Crippen molar-refractivity contribution in [1.82, 2.24) is 0 Å². The van der Waals surface area contributed by atoms with Crippen molar-refractivity contribution in [3.8, 4) is 0 Å². The average molecular weight is 204 g/mol. The number of carboxylic acids is 1. The van der Waals surface area contributed by atoms with Gasteiger partial charge in [0.1, 0.15) is 0 Å². The summed E-state index contributed by atoms with van der Waals surface area (Å²) >= 11 is 0. The predicted octanol–water partition coefficient (Wildman–Crippen LogP) is 3.29. The molecule has 2 nitrogen and oxygen atoms in total. The number of hydrogen-bond acceptors (Lipinski definition) is 1. The molecule has 0 spiro atoms. The summed E-state index contributed by atoms with van der Waals surface area (Å²) in [6.45, 7) is 4.54. The molecule has 1 saturated carbocycles. The van der Waals surface area contributed by atoms with E-state index in [2.05, 4.69) is 13.8 Å². The van der Waals surface area contributed by atoms with Crippen LogP contribution in [0, 0.1) is 5.41 Å². The van der Waals surface area contributed by atoms with E-state index in [1.165, 1.54) is 18.4 Å². The molecule has 0 radical (unpaired) electrons. The Morgan fingerprint density at radius 3 is 2.27 bits per heavy atom. The summed E-state index contributed by atoms with van der Waals surface area (Å²) in [5.41, 5.74) is 2.03. The topological polar surface area (TPSA) is 37.3 Å². The van der Waals surface area contributed by atoms with Crippen LogP contribution in [-0.2, 0) is 0 Å². The normalized spacial score (nSPS) is 23.2. The summed E-state index contributed by atoms with van der Waals surface area (Å²) in [6, 6.07) is 7.31. The number of aromatic carboxylic acids is 1. The Labute approximate surface area is 89.9 Å². The molecule has 0 amide bonds. The fraction of sp³-hybridized carbons (Fsp3) is 0.462. The first kappa shape index (κ1) is 10.2. The highest BCUT2D eigenvalue weighted by atomic mass is 16.4. The molecule has 0 bridgehead atoms. The molecule has 80 valence electrons. The lowest BCUT2D eigenvalue weighted by atomic mass is 9.60. The van der Waals surface area contributed by atoms with Gasteiger partial charge in [0.2, 0.25) is 0 Å². The predicted molar refractivity (Wildman–Crippen MR) is 59.2 cm³/mol. The summed E-state index contributed by atoms with van der Waals surface area (Å²) < 4.78 is 0. The lowest BCUT2D eigenvalue weighted by Gasteiger charge is -2.45. The Balaban J connectivity index is 2.21. The van der Waals surface area contributed by atoms with E-state index in [9.17, 15) is 4.79 Å². The zero-order valence-electron chi connectivity index (χ0n) is 9.16. The zero-order chi connectivity index (χ0) is 11.1. The second-order valence-electron chi connectivity index (χ2n) is 5.01. The van der Waals surface area contributed by atoms with Crippen LogP contribution in [0.5, 0.6) is 0 Å². The summed E-state index contributed by atoms with van der Waals surface area (Å²) in [4.78, 5) is 10.7. The van der Waals surface area contributed by atoms with Crippen LogP contribution in [0.25, 0.3) is 0 Å². The van der Waals surface area contributed by atoms with Gasteiger partial charge in [0.05, 0.1) is 5.56 Å². The molecule has 0 heterocycles. The van der Waals surface area contributed by atoms with Crippen LogP contribution in [0.4, 0.5) is 0 Å². The lowest BCUT2D eigenvalue weighted by Crippen LogP contribution is -2.32. The highest BCUT2D eigenvalue weighted by molar-refractivity contribution is 5.87. The van der Waals surface area contributed by atoms with Crippen LogP contribution in [0.2, 0.25) is 0 Å². The molecule has 0 aliphatic heterocycles. The van der Waals surface area contributed by atoms with Crippen LogP contribution in [0.1, 0.15) is 48.5 Å². The minimum Gasteiger partial charge on any atom is -0.478 e. The van der Waals surface area contributed by atoms with E-state index in [1.54, 1.807) is 12.1 Å². The van der Waals surface area contributed by atoms with Crippen LogP contribution in [0.15, 0.2) is 24.3 Å². The number of hydrogen-bond donors (Lipinski definition) is 1. The first-order valence-electron chi connectivity index (χ1n) is 5.34. The molecule has 1 aromatic rings. The second kappa shape index (κ2) is 3.37. The molecule has 1 fully saturated rings. The molecule has 2 heteroatoms. The Bertz CT molecular complexity index is 376. The van der Waals surface area contributed by atoms with Gasteiger partial charge in [-0.3, -0.25) is 0 Å². The van der Waals surface area contributed by atoms with Gasteiger partial charge in [-0.2, -0.15) is 0 Å². The van der Waals surface area contributed by atoms with Gasteiger partial charge in [0.25, 0.3) is 0 Å². The van der Waals surface area contributed by atoms with Crippen LogP contribution < -0.4 is 0 Å². The van der Waals surface area contributed by atoms with Crippen molar-refractivity contribution >= 4 is 5.97 Å². The maximum absolute atomic E-state index is 10.7. The summed E-state index contributed by atoms with van der Waals surface area (Å²) in [7, 11) is 0. The second-order valence-corrected chi connectivity index (χ2v) is 5.01. The minimum absolute atomic E-state index is 0.371. The van der Waals surface area contributed by atoms with Crippen molar-refractivity contribution < 1.29 is 9.90 Å². The minimum atomic E-state index is -0.852. The fourth-order valence-electron chi connectivity index (χ4n) is 2.34. The summed E-state index contributed by atoms with van der Waals surface area (Å²) in [5, 5.41) is 8.79. The Hall–Kier alpha value is -1.31. The number of carbonyl (C=O) groups is 1. The van der Waals surface area contributed by atoms with Crippen molar-refractivity contribution in [2.24, 2.45) is 5.41 Å². The molecule has 0 saturated heterocycles. The quantitative estimate of drug-likeness (QED) is 0.802. The summed E-state index contributed by atoms with van der Waals surface area (Å²) in [5.74, 6) is -0.255. The molecule has 1 atom stereocenters. The molecular weight excluding hydrogens is 188 g/mol. The highest BCUT2D eigenvalue weighted by Gasteiger charge is 2.39. The standard InChI is InChI=1S/C13H16O2/c1-13(2)8-7-11(13)9-3-5-10(6-4-9)12(14)15/h3-6,11H,7-8H2,1-2H3,(H,14,15). The largest absolute Gasteiger partial charge is 0.478 e. The lowest BCUT2D eigenvalue weighted by molar-refractivity contribution is 0.0697. The molecule has 1 aliphatic carbocycles. The molecule has 1 aromatic carbocycles. The first-order chi connectivity index (χ1) is 7.00. The smallest absolute Gasteiger partial charge is 0.335 e. The third-order valence-electron chi connectivity index (χ3n) is 3.58. The van der Waals surface area contributed by atoms with Crippen LogP contribution >= 0.6 is 0 Å². The van der Waals surface area contributed by atoms with Gasteiger partial charge in [-0.25, -0.2) is 4.79 Å². The van der Waals surface area contributed by atoms with Crippen molar-refractivity contribution in [1.29, 1.82) is 0 Å². The van der Waals surface area contributed by atoms with Gasteiger partial charge in [-0.1, -0.05) is 26.0 Å². The number of rotatable bonds is 2. The summed E-state index contributed by atoms with van der Waals surface area (Å²) in [6.07, 6.45) is 2.48. The van der Waals surface area contributed by atoms with Gasteiger partial charge in [-0.15, -0.1) is 0 Å². The van der Waals surface area contributed by atoms with E-state index in [-0.39, 0.29) is 0 Å². The third kappa shape index (κ3) is 1.76.